The van der Waals surface area contributed by atoms with E-state index < -0.39 is 0 Å². The van der Waals surface area contributed by atoms with Crippen LogP contribution in [0.1, 0.15) is 23.0 Å². The molecule has 0 aliphatic carbocycles. The molecule has 5 nitrogen and oxygen atoms in total. The molecule has 0 aliphatic heterocycles. The van der Waals surface area contributed by atoms with Crippen molar-refractivity contribution >= 4 is 39.2 Å². The van der Waals surface area contributed by atoms with Crippen LogP contribution in [-0.2, 0) is 0 Å². The van der Waals surface area contributed by atoms with Crippen LogP contribution in [0.4, 0.5) is 0 Å². The van der Waals surface area contributed by atoms with Crippen LogP contribution >= 0.6 is 11.3 Å². The second-order valence-electron chi connectivity index (χ2n) is 6.47. The number of imidazole rings is 1. The van der Waals surface area contributed by atoms with E-state index in [-0.39, 0.29) is 11.3 Å². The van der Waals surface area contributed by atoms with Crippen molar-refractivity contribution in [3.05, 3.63) is 86.9 Å². The Morgan fingerprint density at radius 2 is 1.86 bits per heavy atom. The number of benzene rings is 2. The van der Waals surface area contributed by atoms with Gasteiger partial charge in [0.2, 0.25) is 0 Å². The summed E-state index contributed by atoms with van der Waals surface area (Å²) in [4.78, 5) is 29.4. The molecule has 2 aromatic carbocycles. The molecule has 0 unspecified atom stereocenters. The molecule has 3 aromatic heterocycles. The molecule has 0 bridgehead atoms. The smallest absolute Gasteiger partial charge is 0.275 e. The minimum atomic E-state index is -0.0996. The number of fused-ring (bicyclic) bond motifs is 3. The summed E-state index contributed by atoms with van der Waals surface area (Å²) in [7, 11) is 0. The number of rotatable bonds is 3. The predicted molar refractivity (Wildman–Crippen MR) is 110 cm³/mol. The lowest BCUT2D eigenvalue weighted by Gasteiger charge is -1.98. The molecule has 5 rings (SSSR count). The summed E-state index contributed by atoms with van der Waals surface area (Å²) in [5.74, 6) is 1.30. The molecule has 0 saturated heterocycles. The zero-order valence-corrected chi connectivity index (χ0v) is 15.7. The number of furan rings is 1. The lowest BCUT2D eigenvalue weighted by molar-refractivity contribution is 0.101. The molecular weight excluding hydrogens is 372 g/mol. The van der Waals surface area contributed by atoms with Crippen molar-refractivity contribution in [3.8, 4) is 11.3 Å². The van der Waals surface area contributed by atoms with Crippen molar-refractivity contribution < 1.29 is 9.21 Å². The molecule has 0 fully saturated rings. The highest BCUT2D eigenvalue weighted by molar-refractivity contribution is 7.15. The van der Waals surface area contributed by atoms with E-state index >= 15 is 0 Å². The number of ketones is 1. The summed E-state index contributed by atoms with van der Waals surface area (Å²) in [6.45, 7) is 1.54. The Bertz CT molecular complexity index is 1460. The first-order valence-electron chi connectivity index (χ1n) is 8.73. The Kier molecular flexibility index (Phi) is 3.74. The van der Waals surface area contributed by atoms with Crippen molar-refractivity contribution in [3.63, 3.8) is 0 Å². The third-order valence-electron chi connectivity index (χ3n) is 4.62. The van der Waals surface area contributed by atoms with Gasteiger partial charge in [-0.1, -0.05) is 47.7 Å². The Hall–Kier alpha value is -3.51. The number of hydrogen-bond acceptors (Lipinski definition) is 5. The molecule has 3 heterocycles. The number of para-hydroxylation sites is 2. The summed E-state index contributed by atoms with van der Waals surface area (Å²) < 4.78 is 8.09. The van der Waals surface area contributed by atoms with Gasteiger partial charge in [0.05, 0.1) is 11.0 Å². The SMILES string of the molecule is CC(=O)c1ccc(-c2ccc(C=c3sc4nc5ccccc5n4c3=O)o2)cc1. The average molecular weight is 386 g/mol. The maximum Gasteiger partial charge on any atom is 0.275 e. The van der Waals surface area contributed by atoms with Gasteiger partial charge in [0.25, 0.3) is 5.56 Å². The van der Waals surface area contributed by atoms with E-state index in [1.54, 1.807) is 22.6 Å². The molecule has 0 atom stereocenters. The van der Waals surface area contributed by atoms with E-state index in [1.165, 1.54) is 18.3 Å². The van der Waals surface area contributed by atoms with Gasteiger partial charge >= 0.3 is 0 Å². The van der Waals surface area contributed by atoms with Crippen molar-refractivity contribution in [1.29, 1.82) is 0 Å². The average Bonchev–Trinajstić information content (AvgIpc) is 3.38. The van der Waals surface area contributed by atoms with Crippen molar-refractivity contribution in [2.75, 3.05) is 0 Å². The summed E-state index contributed by atoms with van der Waals surface area (Å²) >= 11 is 1.34. The van der Waals surface area contributed by atoms with Gasteiger partial charge in [0.1, 0.15) is 16.1 Å². The van der Waals surface area contributed by atoms with E-state index in [0.717, 1.165) is 16.6 Å². The van der Waals surface area contributed by atoms with Crippen LogP contribution in [0.25, 0.3) is 33.4 Å². The number of carbonyl (C=O) groups is 1. The van der Waals surface area contributed by atoms with Crippen LogP contribution in [0.5, 0.6) is 0 Å². The van der Waals surface area contributed by atoms with Crippen LogP contribution in [0.15, 0.2) is 69.9 Å². The van der Waals surface area contributed by atoms with Crippen molar-refractivity contribution in [2.24, 2.45) is 0 Å². The number of nitrogens with zero attached hydrogens (tertiary/aromatic N) is 2. The van der Waals surface area contributed by atoms with E-state index in [4.69, 9.17) is 4.42 Å². The maximum absolute atomic E-state index is 12.8. The quantitative estimate of drug-likeness (QED) is 0.441. The molecule has 5 aromatic rings. The number of carbonyl (C=O) groups excluding carboxylic acids is 1. The lowest BCUT2D eigenvalue weighted by Crippen LogP contribution is -2.22. The zero-order chi connectivity index (χ0) is 19.3. The fourth-order valence-electron chi connectivity index (χ4n) is 3.20. The third kappa shape index (κ3) is 2.66. The first-order chi connectivity index (χ1) is 13.6. The standard InChI is InChI=1S/C22H14N2O3S/c1-13(25)14-6-8-15(9-7-14)19-11-10-16(27-19)12-20-21(26)24-18-5-3-2-4-17(18)23-22(24)28-20/h2-12H,1H3. The fourth-order valence-corrected chi connectivity index (χ4v) is 4.16. The van der Waals surface area contributed by atoms with Gasteiger partial charge < -0.3 is 4.42 Å². The Labute approximate surface area is 163 Å². The van der Waals surface area contributed by atoms with Crippen LogP contribution in [0.3, 0.4) is 0 Å². The summed E-state index contributed by atoms with van der Waals surface area (Å²) in [5, 5.41) is 0. The Balaban J connectivity index is 1.56. The number of hydrogen-bond donors (Lipinski definition) is 0. The van der Waals surface area contributed by atoms with Crippen LogP contribution in [-0.4, -0.2) is 15.2 Å². The van der Waals surface area contributed by atoms with Gasteiger partial charge in [-0.25, -0.2) is 9.38 Å². The fraction of sp³-hybridized carbons (Fsp3) is 0.0455. The molecular formula is C22H14N2O3S. The van der Waals surface area contributed by atoms with E-state index in [2.05, 4.69) is 4.98 Å². The normalized spacial score (nSPS) is 12.2. The Morgan fingerprint density at radius 1 is 1.07 bits per heavy atom. The zero-order valence-electron chi connectivity index (χ0n) is 14.9. The molecule has 0 aliphatic rings. The van der Waals surface area contributed by atoms with Crippen molar-refractivity contribution in [1.82, 2.24) is 9.38 Å². The molecule has 0 amide bonds. The first kappa shape index (κ1) is 16.6. The largest absolute Gasteiger partial charge is 0.457 e. The molecule has 136 valence electrons. The molecule has 0 saturated carbocycles. The van der Waals surface area contributed by atoms with E-state index in [9.17, 15) is 9.59 Å². The van der Waals surface area contributed by atoms with Gasteiger partial charge in [-0.15, -0.1) is 0 Å². The minimum absolute atomic E-state index is 0.0261. The van der Waals surface area contributed by atoms with Crippen LogP contribution in [0.2, 0.25) is 0 Å². The first-order valence-corrected chi connectivity index (χ1v) is 9.55. The lowest BCUT2D eigenvalue weighted by atomic mass is 10.1. The van der Waals surface area contributed by atoms with Gasteiger partial charge in [-0.3, -0.25) is 9.59 Å². The highest BCUT2D eigenvalue weighted by Crippen LogP contribution is 2.23. The van der Waals surface area contributed by atoms with Crippen molar-refractivity contribution in [2.45, 2.75) is 6.92 Å². The summed E-state index contributed by atoms with van der Waals surface area (Å²) in [5.41, 5.74) is 3.06. The third-order valence-corrected chi connectivity index (χ3v) is 5.59. The van der Waals surface area contributed by atoms with Gasteiger partial charge in [0, 0.05) is 17.2 Å². The molecule has 0 radical (unpaired) electrons. The monoisotopic (exact) mass is 386 g/mol. The highest BCUT2D eigenvalue weighted by Gasteiger charge is 2.11. The summed E-state index contributed by atoms with van der Waals surface area (Å²) in [6, 6.07) is 18.5. The maximum atomic E-state index is 12.8. The second kappa shape index (κ2) is 6.28. The second-order valence-corrected chi connectivity index (χ2v) is 7.48. The number of Topliss-reactive ketones (excluding diaryl/α,β-unsaturated/α-hetero) is 1. The van der Waals surface area contributed by atoms with Gasteiger partial charge in [0.15, 0.2) is 10.7 Å². The minimum Gasteiger partial charge on any atom is -0.457 e. The molecule has 6 heteroatoms. The van der Waals surface area contributed by atoms with Crippen LogP contribution in [0, 0.1) is 0 Å². The highest BCUT2D eigenvalue weighted by atomic mass is 32.1. The number of thiazole rings is 1. The molecule has 0 spiro atoms. The number of aromatic nitrogens is 2. The van der Waals surface area contributed by atoms with Gasteiger partial charge in [-0.2, -0.15) is 0 Å². The van der Waals surface area contributed by atoms with Gasteiger partial charge in [-0.05, 0) is 31.2 Å². The molecule has 0 N–H and O–H groups in total. The molecule has 28 heavy (non-hydrogen) atoms. The van der Waals surface area contributed by atoms with Crippen LogP contribution < -0.4 is 10.1 Å². The van der Waals surface area contributed by atoms with E-state index in [0.29, 0.717) is 26.6 Å². The summed E-state index contributed by atoms with van der Waals surface area (Å²) in [6.07, 6.45) is 1.74. The van der Waals surface area contributed by atoms with E-state index in [1.807, 2.05) is 48.5 Å². The topological polar surface area (TPSA) is 64.6 Å². The predicted octanol–water partition coefficient (Wildman–Crippen LogP) is 3.92. The Morgan fingerprint density at radius 3 is 2.64 bits per heavy atom.